The quantitative estimate of drug-likeness (QED) is 0.0747. The van der Waals surface area contributed by atoms with E-state index in [9.17, 15) is 24.3 Å². The molecule has 16 nitrogen and oxygen atoms in total. The summed E-state index contributed by atoms with van der Waals surface area (Å²) >= 11 is 0. The second kappa shape index (κ2) is 21.2. The lowest BCUT2D eigenvalue weighted by molar-refractivity contribution is -0.139. The van der Waals surface area contributed by atoms with Crippen LogP contribution in [0.3, 0.4) is 0 Å². The van der Waals surface area contributed by atoms with Crippen molar-refractivity contribution in [3.05, 3.63) is 40.2 Å². The molecule has 1 unspecified atom stereocenters. The summed E-state index contributed by atoms with van der Waals surface area (Å²) in [5, 5.41) is 17.8. The second-order valence-electron chi connectivity index (χ2n) is 10.8. The number of carbonyl (C=O) groups is 3. The number of benzene rings is 1. The van der Waals surface area contributed by atoms with E-state index in [0.29, 0.717) is 43.7 Å². The third-order valence-electron chi connectivity index (χ3n) is 6.46. The van der Waals surface area contributed by atoms with Crippen molar-refractivity contribution in [2.24, 2.45) is 15.9 Å². The van der Waals surface area contributed by atoms with Gasteiger partial charge in [0, 0.05) is 36.5 Å². The van der Waals surface area contributed by atoms with Crippen molar-refractivity contribution in [3.8, 4) is 0 Å². The molecule has 0 saturated carbocycles. The third kappa shape index (κ3) is 15.4. The van der Waals surface area contributed by atoms with Crippen LogP contribution in [0.25, 0.3) is 0 Å². The number of aromatic nitrogens is 2. The zero-order chi connectivity index (χ0) is 34.6. The molecule has 1 heterocycles. The fourth-order valence-corrected chi connectivity index (χ4v) is 3.87. The van der Waals surface area contributed by atoms with Gasteiger partial charge in [-0.3, -0.25) is 19.4 Å². The van der Waals surface area contributed by atoms with E-state index >= 15 is 0 Å². The fourth-order valence-electron chi connectivity index (χ4n) is 3.87. The summed E-state index contributed by atoms with van der Waals surface area (Å²) in [6, 6.07) is 5.07. The maximum Gasteiger partial charge on any atom is 0.326 e. The molecule has 2 amide bonds. The smallest absolute Gasteiger partial charge is 0.326 e. The van der Waals surface area contributed by atoms with E-state index in [2.05, 4.69) is 56.5 Å². The first-order valence-electron chi connectivity index (χ1n) is 15.3. The molecule has 0 saturated heterocycles. The molecule has 0 bridgehead atoms. The molecule has 0 fully saturated rings. The number of anilines is 2. The molecular formula is C31H46N8O8. The van der Waals surface area contributed by atoms with Gasteiger partial charge in [0.1, 0.15) is 6.04 Å². The van der Waals surface area contributed by atoms with Gasteiger partial charge in [0.25, 0.3) is 11.5 Å². The number of amides is 2. The van der Waals surface area contributed by atoms with Crippen LogP contribution in [-0.2, 0) is 23.8 Å². The van der Waals surface area contributed by atoms with E-state index in [-0.39, 0.29) is 61.5 Å². The molecule has 16 heteroatoms. The maximum atomic E-state index is 12.7. The Kier molecular flexibility index (Phi) is 17.4. The Balaban J connectivity index is 1.69. The van der Waals surface area contributed by atoms with E-state index in [4.69, 9.17) is 19.9 Å². The predicted octanol–water partition coefficient (Wildman–Crippen LogP) is 2.06. The second-order valence-corrected chi connectivity index (χ2v) is 10.8. The molecule has 47 heavy (non-hydrogen) atoms. The normalized spacial score (nSPS) is 12.0. The minimum absolute atomic E-state index is 0.0120. The summed E-state index contributed by atoms with van der Waals surface area (Å²) in [5.41, 5.74) is 6.37. The first-order valence-corrected chi connectivity index (χ1v) is 15.3. The van der Waals surface area contributed by atoms with Crippen LogP contribution >= 0.6 is 0 Å². The number of nitrogen functional groups attached to an aromatic ring is 1. The van der Waals surface area contributed by atoms with Gasteiger partial charge in [-0.05, 0) is 56.7 Å². The topological polar surface area (TPSA) is 232 Å². The number of hydrogen-bond acceptors (Lipinski definition) is 12. The highest BCUT2D eigenvalue weighted by molar-refractivity contribution is 5.97. The summed E-state index contributed by atoms with van der Waals surface area (Å²) in [6.45, 7) is 12.7. The number of carboxylic acids is 1. The largest absolute Gasteiger partial charge is 0.480 e. The third-order valence-corrected chi connectivity index (χ3v) is 6.46. The molecule has 1 atom stereocenters. The molecule has 2 rings (SSSR count). The number of nitrogens with one attached hydrogen (secondary N) is 4. The number of aliphatic carboxylic acids is 1. The lowest BCUT2D eigenvalue weighted by Crippen LogP contribution is -2.41. The Bertz CT molecular complexity index is 1390. The lowest BCUT2D eigenvalue weighted by Gasteiger charge is -2.15. The van der Waals surface area contributed by atoms with E-state index in [0.717, 1.165) is 13.0 Å². The number of H-pyrrole nitrogens is 1. The molecule has 0 aliphatic carbocycles. The number of hydrogen-bond donors (Lipinski definition) is 6. The number of carbonyl (C=O) groups excluding carboxylic acids is 2. The molecule has 7 N–H and O–H groups in total. The van der Waals surface area contributed by atoms with Crippen LogP contribution in [-0.4, -0.2) is 104 Å². The first-order chi connectivity index (χ1) is 22.5. The number of carboxylic acid groups (broad SMARTS) is 1. The SMILES string of the molecule is C=Nc1nc(N)[nH]c(=O)c1/N=C(\C)CNc1ccc(C(=O)NC(CCC(=O)NCCOCCOCCOCCC(C)C)C(=O)O)cc1. The van der Waals surface area contributed by atoms with Gasteiger partial charge >= 0.3 is 5.97 Å². The Morgan fingerprint density at radius 2 is 1.66 bits per heavy atom. The molecule has 1 aromatic carbocycles. The molecule has 0 spiro atoms. The van der Waals surface area contributed by atoms with Gasteiger partial charge in [0.2, 0.25) is 11.9 Å². The number of aliphatic imine (C=N–C) groups is 2. The van der Waals surface area contributed by atoms with E-state index in [1.807, 2.05) is 0 Å². The van der Waals surface area contributed by atoms with E-state index in [1.165, 1.54) is 12.1 Å². The minimum Gasteiger partial charge on any atom is -0.480 e. The monoisotopic (exact) mass is 658 g/mol. The van der Waals surface area contributed by atoms with Crippen molar-refractivity contribution in [2.75, 3.05) is 63.8 Å². The number of rotatable bonds is 23. The molecule has 2 aromatic rings. The Morgan fingerprint density at radius 1 is 1.02 bits per heavy atom. The molecular weight excluding hydrogens is 612 g/mol. The number of ether oxygens (including phenoxy) is 3. The molecule has 0 radical (unpaired) electrons. The van der Waals surface area contributed by atoms with Crippen molar-refractivity contribution in [1.82, 2.24) is 20.6 Å². The van der Waals surface area contributed by atoms with Gasteiger partial charge in [-0.15, -0.1) is 0 Å². The van der Waals surface area contributed by atoms with E-state index in [1.54, 1.807) is 19.1 Å². The summed E-state index contributed by atoms with van der Waals surface area (Å²) in [5.74, 6) is -1.68. The van der Waals surface area contributed by atoms with Crippen molar-refractivity contribution in [2.45, 2.75) is 46.1 Å². The summed E-state index contributed by atoms with van der Waals surface area (Å²) < 4.78 is 16.3. The van der Waals surface area contributed by atoms with Crippen molar-refractivity contribution < 1.29 is 33.7 Å². The van der Waals surface area contributed by atoms with Crippen LogP contribution in [0, 0.1) is 5.92 Å². The standard InChI is InChI=1S/C31H46N8O8/c1-20(2)11-13-45-15-17-47-18-16-46-14-12-34-25(40)10-9-24(30(43)44)37-28(41)22-5-7-23(8-6-22)35-19-21(3)36-26-27(33-4)38-31(32)39-29(26)42/h5-8,20,24,35H,4,9-19H2,1-3H3,(H,34,40)(H,37,41)(H,43,44)(H3,32,38,39,42)/b36-21+. The van der Waals surface area contributed by atoms with Crippen LogP contribution in [0.15, 0.2) is 39.0 Å². The maximum absolute atomic E-state index is 12.7. The van der Waals surface area contributed by atoms with Crippen molar-refractivity contribution >= 4 is 53.4 Å². The highest BCUT2D eigenvalue weighted by atomic mass is 16.5. The average molecular weight is 659 g/mol. The average Bonchev–Trinajstić information content (AvgIpc) is 3.03. The lowest BCUT2D eigenvalue weighted by atomic mass is 10.1. The summed E-state index contributed by atoms with van der Waals surface area (Å²) in [4.78, 5) is 63.0. The highest BCUT2D eigenvalue weighted by Gasteiger charge is 2.21. The van der Waals surface area contributed by atoms with Crippen molar-refractivity contribution in [3.63, 3.8) is 0 Å². The van der Waals surface area contributed by atoms with Crippen LogP contribution < -0.4 is 27.2 Å². The summed E-state index contributed by atoms with van der Waals surface area (Å²) in [7, 11) is 0. The van der Waals surface area contributed by atoms with Gasteiger partial charge in [0.15, 0.2) is 11.5 Å². The molecule has 0 aliphatic rings. The van der Waals surface area contributed by atoms with Gasteiger partial charge in [0.05, 0.1) is 39.6 Å². The van der Waals surface area contributed by atoms with Crippen LogP contribution in [0.4, 0.5) is 23.1 Å². The highest BCUT2D eigenvalue weighted by Crippen LogP contribution is 2.20. The number of nitrogens with zero attached hydrogens (tertiary/aromatic N) is 3. The molecule has 1 aromatic heterocycles. The zero-order valence-corrected chi connectivity index (χ0v) is 27.2. The first kappa shape index (κ1) is 38.5. The van der Waals surface area contributed by atoms with Crippen LogP contribution in [0.2, 0.25) is 0 Å². The van der Waals surface area contributed by atoms with Gasteiger partial charge < -0.3 is 41.0 Å². The fraction of sp³-hybridized carbons (Fsp3) is 0.516. The zero-order valence-electron chi connectivity index (χ0n) is 27.2. The van der Waals surface area contributed by atoms with E-state index < -0.39 is 23.5 Å². The van der Waals surface area contributed by atoms with Crippen molar-refractivity contribution in [1.29, 1.82) is 0 Å². The Morgan fingerprint density at radius 3 is 2.28 bits per heavy atom. The van der Waals surface area contributed by atoms with Gasteiger partial charge in [-0.25, -0.2) is 14.8 Å². The van der Waals surface area contributed by atoms with Gasteiger partial charge in [-0.2, -0.15) is 4.98 Å². The minimum atomic E-state index is -1.26. The Labute approximate surface area is 273 Å². The summed E-state index contributed by atoms with van der Waals surface area (Å²) in [6.07, 6.45) is 0.833. The number of aromatic amines is 1. The molecule has 0 aliphatic heterocycles. The van der Waals surface area contributed by atoms with Gasteiger partial charge in [-0.1, -0.05) is 13.8 Å². The number of nitrogens with two attached hydrogens (primary N) is 1. The predicted molar refractivity (Wildman–Crippen MR) is 179 cm³/mol. The van der Waals surface area contributed by atoms with Crippen LogP contribution in [0.1, 0.15) is 50.4 Å². The Hall–Kier alpha value is -4.67. The molecule has 258 valence electrons. The van der Waals surface area contributed by atoms with Crippen LogP contribution in [0.5, 0.6) is 0 Å².